The lowest BCUT2D eigenvalue weighted by Gasteiger charge is -2.22. The van der Waals surface area contributed by atoms with Crippen LogP contribution in [0, 0.1) is 5.92 Å². The second-order valence-electron chi connectivity index (χ2n) is 3.56. The smallest absolute Gasteiger partial charge is 0.273 e. The topological polar surface area (TPSA) is 52.9 Å². The van der Waals surface area contributed by atoms with Crippen LogP contribution in [0.15, 0.2) is 4.99 Å². The van der Waals surface area contributed by atoms with Gasteiger partial charge in [0.15, 0.2) is 0 Å². The monoisotopic (exact) mass is 170 g/mol. The van der Waals surface area contributed by atoms with Gasteiger partial charge >= 0.3 is 0 Å². The molecule has 1 N–H and O–H groups in total. The maximum Gasteiger partial charge on any atom is 0.273 e. The standard InChI is InChI=1S/C8H14N2O2/c1-6-4-8(2,9-5-6)7(11)10(3)12/h5-6,12H,4H2,1-3H3. The molecule has 4 nitrogen and oxygen atoms in total. The molecule has 0 aliphatic carbocycles. The summed E-state index contributed by atoms with van der Waals surface area (Å²) in [6.07, 6.45) is 2.44. The Labute approximate surface area is 71.9 Å². The molecule has 2 unspecified atom stereocenters. The van der Waals surface area contributed by atoms with Crippen LogP contribution in [0.1, 0.15) is 20.3 Å². The molecule has 1 aliphatic rings. The van der Waals surface area contributed by atoms with Gasteiger partial charge in [-0.1, -0.05) is 6.92 Å². The minimum absolute atomic E-state index is 0.318. The van der Waals surface area contributed by atoms with Crippen molar-refractivity contribution in [2.75, 3.05) is 7.05 Å². The Morgan fingerprint density at radius 3 is 2.75 bits per heavy atom. The van der Waals surface area contributed by atoms with Gasteiger partial charge < -0.3 is 0 Å². The highest BCUT2D eigenvalue weighted by Crippen LogP contribution is 2.27. The molecule has 0 aromatic carbocycles. The minimum atomic E-state index is -0.747. The maximum atomic E-state index is 11.4. The maximum absolute atomic E-state index is 11.4. The number of hydrogen-bond donors (Lipinski definition) is 1. The molecular weight excluding hydrogens is 156 g/mol. The van der Waals surface area contributed by atoms with E-state index in [4.69, 9.17) is 5.21 Å². The number of aliphatic imine (C=N–C) groups is 1. The number of hydrogen-bond acceptors (Lipinski definition) is 3. The van der Waals surface area contributed by atoms with Crippen molar-refractivity contribution in [1.29, 1.82) is 0 Å². The molecule has 0 radical (unpaired) electrons. The lowest BCUT2D eigenvalue weighted by Crippen LogP contribution is -2.41. The van der Waals surface area contributed by atoms with Gasteiger partial charge in [0.1, 0.15) is 5.54 Å². The van der Waals surface area contributed by atoms with Gasteiger partial charge in [0.2, 0.25) is 0 Å². The van der Waals surface area contributed by atoms with Crippen LogP contribution >= 0.6 is 0 Å². The van der Waals surface area contributed by atoms with Crippen LogP contribution < -0.4 is 0 Å². The minimum Gasteiger partial charge on any atom is -0.286 e. The van der Waals surface area contributed by atoms with Crippen molar-refractivity contribution >= 4 is 12.1 Å². The third-order valence-electron chi connectivity index (χ3n) is 2.09. The highest BCUT2D eigenvalue weighted by atomic mass is 16.5. The zero-order valence-corrected chi connectivity index (χ0v) is 7.61. The largest absolute Gasteiger partial charge is 0.286 e. The van der Waals surface area contributed by atoms with Crippen molar-refractivity contribution < 1.29 is 10.0 Å². The summed E-state index contributed by atoms with van der Waals surface area (Å²) in [4.78, 5) is 15.5. The van der Waals surface area contributed by atoms with Crippen LogP contribution in [0.4, 0.5) is 0 Å². The van der Waals surface area contributed by atoms with Gasteiger partial charge in [0.05, 0.1) is 0 Å². The van der Waals surface area contributed by atoms with Crippen LogP contribution in [0.2, 0.25) is 0 Å². The Morgan fingerprint density at radius 2 is 2.42 bits per heavy atom. The molecule has 2 atom stereocenters. The van der Waals surface area contributed by atoms with E-state index in [1.54, 1.807) is 13.1 Å². The normalized spacial score (nSPS) is 33.8. The van der Waals surface area contributed by atoms with E-state index in [2.05, 4.69) is 4.99 Å². The second-order valence-corrected chi connectivity index (χ2v) is 3.56. The Bertz CT molecular complexity index is 225. The summed E-state index contributed by atoms with van der Waals surface area (Å²) >= 11 is 0. The Morgan fingerprint density at radius 1 is 1.83 bits per heavy atom. The predicted molar refractivity (Wildman–Crippen MR) is 45.2 cm³/mol. The molecular formula is C8H14N2O2. The van der Waals surface area contributed by atoms with Crippen molar-refractivity contribution in [1.82, 2.24) is 5.06 Å². The van der Waals surface area contributed by atoms with Crippen molar-refractivity contribution in [3.63, 3.8) is 0 Å². The molecule has 68 valence electrons. The zero-order chi connectivity index (χ0) is 9.35. The van der Waals surface area contributed by atoms with Gasteiger partial charge in [-0.25, -0.2) is 5.06 Å². The average Bonchev–Trinajstić information content (AvgIpc) is 2.31. The van der Waals surface area contributed by atoms with E-state index in [0.29, 0.717) is 17.4 Å². The molecule has 0 aromatic heterocycles. The fourth-order valence-electron chi connectivity index (χ4n) is 1.52. The highest BCUT2D eigenvalue weighted by molar-refractivity contribution is 5.88. The third kappa shape index (κ3) is 1.48. The van der Waals surface area contributed by atoms with Crippen molar-refractivity contribution in [2.24, 2.45) is 10.9 Å². The van der Waals surface area contributed by atoms with Crippen molar-refractivity contribution in [2.45, 2.75) is 25.8 Å². The molecule has 0 aromatic rings. The first-order valence-electron chi connectivity index (χ1n) is 3.98. The van der Waals surface area contributed by atoms with E-state index in [0.717, 1.165) is 0 Å². The quantitative estimate of drug-likeness (QED) is 0.465. The van der Waals surface area contributed by atoms with Gasteiger partial charge in [-0.2, -0.15) is 0 Å². The molecule has 0 spiro atoms. The molecule has 1 heterocycles. The molecule has 0 saturated carbocycles. The van der Waals surface area contributed by atoms with Crippen molar-refractivity contribution in [3.05, 3.63) is 0 Å². The summed E-state index contributed by atoms with van der Waals surface area (Å²) in [5.41, 5.74) is -0.747. The SMILES string of the molecule is CC1C=NC(C)(C(=O)N(C)O)C1. The van der Waals surface area contributed by atoms with Crippen LogP contribution in [0.3, 0.4) is 0 Å². The fourth-order valence-corrected chi connectivity index (χ4v) is 1.52. The Kier molecular flexibility index (Phi) is 2.19. The van der Waals surface area contributed by atoms with E-state index in [9.17, 15) is 4.79 Å². The third-order valence-corrected chi connectivity index (χ3v) is 2.09. The van der Waals surface area contributed by atoms with Gasteiger partial charge in [0.25, 0.3) is 5.91 Å². The molecule has 1 rings (SSSR count). The Balaban J connectivity index is 2.75. The van der Waals surface area contributed by atoms with Gasteiger partial charge in [-0.15, -0.1) is 0 Å². The predicted octanol–water partition coefficient (Wildman–Crippen LogP) is 0.703. The first-order chi connectivity index (χ1) is 5.46. The molecule has 12 heavy (non-hydrogen) atoms. The lowest BCUT2D eigenvalue weighted by atomic mass is 9.94. The molecule has 0 bridgehead atoms. The van der Waals surface area contributed by atoms with Gasteiger partial charge in [0, 0.05) is 13.3 Å². The van der Waals surface area contributed by atoms with E-state index in [1.807, 2.05) is 6.92 Å². The summed E-state index contributed by atoms with van der Waals surface area (Å²) in [6.45, 7) is 3.74. The summed E-state index contributed by atoms with van der Waals surface area (Å²) in [5.74, 6) is -0.0259. The van der Waals surface area contributed by atoms with Crippen LogP contribution in [-0.2, 0) is 4.79 Å². The highest BCUT2D eigenvalue weighted by Gasteiger charge is 2.38. The molecule has 1 aliphatic heterocycles. The summed E-state index contributed by atoms with van der Waals surface area (Å²) < 4.78 is 0. The number of likely N-dealkylation sites (N-methyl/N-ethyl adjacent to an activating group) is 1. The zero-order valence-electron chi connectivity index (χ0n) is 7.61. The number of hydroxylamine groups is 2. The van der Waals surface area contributed by atoms with Crippen LogP contribution in [0.5, 0.6) is 0 Å². The molecule has 1 amide bonds. The second kappa shape index (κ2) is 2.86. The fraction of sp³-hybridized carbons (Fsp3) is 0.750. The molecule has 4 heteroatoms. The van der Waals surface area contributed by atoms with Crippen molar-refractivity contribution in [3.8, 4) is 0 Å². The van der Waals surface area contributed by atoms with E-state index in [-0.39, 0.29) is 5.91 Å². The first kappa shape index (κ1) is 9.19. The molecule has 0 saturated heterocycles. The number of nitrogens with zero attached hydrogens (tertiary/aromatic N) is 2. The first-order valence-corrected chi connectivity index (χ1v) is 3.98. The van der Waals surface area contributed by atoms with E-state index < -0.39 is 5.54 Å². The number of rotatable bonds is 1. The van der Waals surface area contributed by atoms with Crippen LogP contribution in [0.25, 0.3) is 0 Å². The van der Waals surface area contributed by atoms with E-state index in [1.165, 1.54) is 7.05 Å². The number of carbonyl (C=O) groups excluding carboxylic acids is 1. The Hall–Kier alpha value is -0.900. The van der Waals surface area contributed by atoms with Crippen LogP contribution in [-0.4, -0.2) is 35.0 Å². The lowest BCUT2D eigenvalue weighted by molar-refractivity contribution is -0.165. The number of carbonyl (C=O) groups is 1. The summed E-state index contributed by atoms with van der Waals surface area (Å²) in [7, 11) is 1.33. The van der Waals surface area contributed by atoms with Gasteiger partial charge in [-0.3, -0.25) is 15.0 Å². The average molecular weight is 170 g/mol. The number of amides is 1. The molecule has 0 fully saturated rings. The van der Waals surface area contributed by atoms with Gasteiger partial charge in [-0.05, 0) is 19.3 Å². The van der Waals surface area contributed by atoms with E-state index >= 15 is 0 Å². The summed E-state index contributed by atoms with van der Waals surface area (Å²) in [6, 6.07) is 0. The summed E-state index contributed by atoms with van der Waals surface area (Å²) in [5, 5.41) is 9.55.